The lowest BCUT2D eigenvalue weighted by molar-refractivity contribution is 0.0697. The van der Waals surface area contributed by atoms with Crippen LogP contribution < -0.4 is 9.47 Å². The van der Waals surface area contributed by atoms with Gasteiger partial charge in [-0.15, -0.1) is 21.5 Å². The highest BCUT2D eigenvalue weighted by molar-refractivity contribution is 7.13. The number of piperidine rings is 1. The van der Waals surface area contributed by atoms with Crippen LogP contribution in [0.15, 0.2) is 40.1 Å². The smallest absolute Gasteiger partial charge is 0.257 e. The summed E-state index contributed by atoms with van der Waals surface area (Å²) in [6.07, 6.45) is 1.80. The molecule has 3 aromatic rings. The molecule has 0 spiro atoms. The maximum atomic E-state index is 13.1. The van der Waals surface area contributed by atoms with Crippen LogP contribution in [0.25, 0.3) is 10.8 Å². The van der Waals surface area contributed by atoms with Gasteiger partial charge < -0.3 is 18.8 Å². The molecule has 146 valence electrons. The van der Waals surface area contributed by atoms with Gasteiger partial charge in [-0.2, -0.15) is 0 Å². The van der Waals surface area contributed by atoms with Crippen LogP contribution in [0.3, 0.4) is 0 Å². The average molecular weight is 399 g/mol. The second-order valence-electron chi connectivity index (χ2n) is 6.61. The minimum Gasteiger partial charge on any atom is -0.497 e. The number of rotatable bonds is 5. The van der Waals surface area contributed by atoms with E-state index in [-0.39, 0.29) is 11.8 Å². The summed E-state index contributed by atoms with van der Waals surface area (Å²) in [6, 6.07) is 9.12. The zero-order valence-electron chi connectivity index (χ0n) is 15.8. The molecule has 1 aliphatic heterocycles. The number of amides is 1. The number of thiophene rings is 1. The van der Waals surface area contributed by atoms with Crippen molar-refractivity contribution in [2.75, 3.05) is 27.3 Å². The molecule has 3 heterocycles. The van der Waals surface area contributed by atoms with Crippen molar-refractivity contribution in [2.24, 2.45) is 0 Å². The van der Waals surface area contributed by atoms with Crippen LogP contribution in [0.1, 0.15) is 35.0 Å². The summed E-state index contributed by atoms with van der Waals surface area (Å²) in [4.78, 5) is 15.8. The minimum atomic E-state index is -0.0557. The first-order valence-electron chi connectivity index (χ1n) is 9.07. The van der Waals surface area contributed by atoms with Crippen molar-refractivity contribution in [3.05, 3.63) is 47.2 Å². The summed E-state index contributed by atoms with van der Waals surface area (Å²) in [6.45, 7) is 1.24. The van der Waals surface area contributed by atoms with Gasteiger partial charge in [0, 0.05) is 24.7 Å². The number of carbonyl (C=O) groups is 1. The largest absolute Gasteiger partial charge is 0.497 e. The number of hydrogen-bond acceptors (Lipinski definition) is 7. The summed E-state index contributed by atoms with van der Waals surface area (Å²) in [7, 11) is 3.14. The molecule has 1 aromatic carbocycles. The summed E-state index contributed by atoms with van der Waals surface area (Å²) >= 11 is 1.56. The third-order valence-corrected chi connectivity index (χ3v) is 5.69. The Morgan fingerprint density at radius 2 is 2.00 bits per heavy atom. The van der Waals surface area contributed by atoms with Crippen molar-refractivity contribution in [3.8, 4) is 22.3 Å². The Kier molecular flexibility index (Phi) is 5.29. The second kappa shape index (κ2) is 8.02. The summed E-state index contributed by atoms with van der Waals surface area (Å²) in [5, 5.41) is 10.4. The van der Waals surface area contributed by atoms with E-state index in [4.69, 9.17) is 13.9 Å². The van der Waals surface area contributed by atoms with Crippen molar-refractivity contribution in [3.63, 3.8) is 0 Å². The molecule has 0 aliphatic carbocycles. The number of benzene rings is 1. The van der Waals surface area contributed by atoms with Crippen molar-refractivity contribution < 1.29 is 18.7 Å². The molecule has 8 heteroatoms. The van der Waals surface area contributed by atoms with Crippen molar-refractivity contribution >= 4 is 17.2 Å². The molecule has 7 nitrogen and oxygen atoms in total. The van der Waals surface area contributed by atoms with Crippen molar-refractivity contribution in [1.82, 2.24) is 15.1 Å². The van der Waals surface area contributed by atoms with E-state index < -0.39 is 0 Å². The van der Waals surface area contributed by atoms with Gasteiger partial charge in [-0.05, 0) is 36.4 Å². The van der Waals surface area contributed by atoms with Gasteiger partial charge in [0.05, 0.1) is 25.0 Å². The Hall–Kier alpha value is -2.87. The standard InChI is InChI=1S/C20H21N3O4S/c1-25-15-9-14(10-16(11-15)26-2)20(24)23-7-3-5-13(12-23)18-21-22-19(27-18)17-6-4-8-28-17/h4,6,8-11,13H,3,5,7,12H2,1-2H3. The summed E-state index contributed by atoms with van der Waals surface area (Å²) in [5.74, 6) is 2.28. The molecule has 0 radical (unpaired) electrons. The summed E-state index contributed by atoms with van der Waals surface area (Å²) in [5.41, 5.74) is 0.543. The predicted molar refractivity (Wildman–Crippen MR) is 105 cm³/mol. The lowest BCUT2D eigenvalue weighted by Crippen LogP contribution is -2.39. The SMILES string of the molecule is COc1cc(OC)cc(C(=O)N2CCCC(c3nnc(-c4cccs4)o3)C2)c1. The van der Waals surface area contributed by atoms with E-state index in [1.54, 1.807) is 43.8 Å². The Bertz CT molecular complexity index is 932. The molecule has 0 saturated carbocycles. The molecule has 2 aromatic heterocycles. The topological polar surface area (TPSA) is 77.7 Å². The minimum absolute atomic E-state index is 0.0337. The van der Waals surface area contributed by atoms with Gasteiger partial charge in [0.2, 0.25) is 5.89 Å². The Labute approximate surface area is 166 Å². The van der Waals surface area contributed by atoms with Gasteiger partial charge in [-0.1, -0.05) is 6.07 Å². The molecule has 1 fully saturated rings. The predicted octanol–water partition coefficient (Wildman–Crippen LogP) is 3.84. The van der Waals surface area contributed by atoms with Gasteiger partial charge in [-0.3, -0.25) is 4.79 Å². The zero-order chi connectivity index (χ0) is 19.5. The van der Waals surface area contributed by atoms with E-state index in [0.29, 0.717) is 41.9 Å². The van der Waals surface area contributed by atoms with Crippen LogP contribution in [0.4, 0.5) is 0 Å². The van der Waals surface area contributed by atoms with Gasteiger partial charge in [0.25, 0.3) is 11.8 Å². The fourth-order valence-corrected chi connectivity index (χ4v) is 4.02. The number of hydrogen-bond donors (Lipinski definition) is 0. The number of aromatic nitrogens is 2. The molecule has 0 N–H and O–H groups in total. The first kappa shape index (κ1) is 18.5. The number of methoxy groups -OCH3 is 2. The lowest BCUT2D eigenvalue weighted by atomic mass is 9.97. The van der Waals surface area contributed by atoms with Crippen LogP contribution >= 0.6 is 11.3 Å². The van der Waals surface area contributed by atoms with Crippen LogP contribution in [-0.4, -0.2) is 48.3 Å². The number of likely N-dealkylation sites (tertiary alicyclic amines) is 1. The Morgan fingerprint density at radius 3 is 2.68 bits per heavy atom. The van der Waals surface area contributed by atoms with Crippen LogP contribution in [0, 0.1) is 0 Å². The monoisotopic (exact) mass is 399 g/mol. The first-order chi connectivity index (χ1) is 13.7. The van der Waals surface area contributed by atoms with E-state index in [0.717, 1.165) is 17.7 Å². The summed E-state index contributed by atoms with van der Waals surface area (Å²) < 4.78 is 16.4. The molecule has 1 unspecified atom stereocenters. The van der Waals surface area contributed by atoms with E-state index >= 15 is 0 Å². The van der Waals surface area contributed by atoms with E-state index in [9.17, 15) is 4.79 Å². The van der Waals surface area contributed by atoms with Gasteiger partial charge in [-0.25, -0.2) is 0 Å². The highest BCUT2D eigenvalue weighted by atomic mass is 32.1. The average Bonchev–Trinajstić information content (AvgIpc) is 3.44. The Morgan fingerprint density at radius 1 is 1.21 bits per heavy atom. The highest BCUT2D eigenvalue weighted by Crippen LogP contribution is 2.31. The third kappa shape index (κ3) is 3.73. The lowest BCUT2D eigenvalue weighted by Gasteiger charge is -2.31. The van der Waals surface area contributed by atoms with E-state index in [2.05, 4.69) is 10.2 Å². The molecule has 1 amide bonds. The number of carbonyl (C=O) groups excluding carboxylic acids is 1. The van der Waals surface area contributed by atoms with Gasteiger partial charge in [0.1, 0.15) is 11.5 Å². The fraction of sp³-hybridized carbons (Fsp3) is 0.350. The zero-order valence-corrected chi connectivity index (χ0v) is 16.6. The van der Waals surface area contributed by atoms with Crippen molar-refractivity contribution in [1.29, 1.82) is 0 Å². The molecule has 1 saturated heterocycles. The van der Waals surface area contributed by atoms with Gasteiger partial charge in [0.15, 0.2) is 0 Å². The van der Waals surface area contributed by atoms with Crippen LogP contribution in [-0.2, 0) is 0 Å². The highest BCUT2D eigenvalue weighted by Gasteiger charge is 2.29. The van der Waals surface area contributed by atoms with Gasteiger partial charge >= 0.3 is 0 Å². The maximum absolute atomic E-state index is 13.1. The Balaban J connectivity index is 1.52. The van der Waals surface area contributed by atoms with Crippen LogP contribution in [0.5, 0.6) is 11.5 Å². The fourth-order valence-electron chi connectivity index (χ4n) is 3.38. The molecule has 4 rings (SSSR count). The molecule has 1 aliphatic rings. The van der Waals surface area contributed by atoms with Crippen molar-refractivity contribution in [2.45, 2.75) is 18.8 Å². The normalized spacial score (nSPS) is 16.8. The van der Waals surface area contributed by atoms with Crippen LogP contribution in [0.2, 0.25) is 0 Å². The third-order valence-electron chi connectivity index (χ3n) is 4.83. The number of ether oxygens (including phenoxy) is 2. The quantitative estimate of drug-likeness (QED) is 0.649. The van der Waals surface area contributed by atoms with E-state index in [1.807, 2.05) is 22.4 Å². The molecule has 1 atom stereocenters. The molecular weight excluding hydrogens is 378 g/mol. The molecule has 28 heavy (non-hydrogen) atoms. The van der Waals surface area contributed by atoms with E-state index in [1.165, 1.54) is 0 Å². The maximum Gasteiger partial charge on any atom is 0.257 e. The molecule has 0 bridgehead atoms. The number of nitrogens with zero attached hydrogens (tertiary/aromatic N) is 3. The second-order valence-corrected chi connectivity index (χ2v) is 7.56. The first-order valence-corrected chi connectivity index (χ1v) is 9.95. The molecular formula is C20H21N3O4S.